The second-order valence-corrected chi connectivity index (χ2v) is 8.93. The highest BCUT2D eigenvalue weighted by atomic mass is 32.2. The molecule has 0 bridgehead atoms. The molecule has 0 aromatic heterocycles. The highest BCUT2D eigenvalue weighted by Crippen LogP contribution is 2.40. The van der Waals surface area contributed by atoms with Gasteiger partial charge in [-0.25, -0.2) is 4.79 Å². The van der Waals surface area contributed by atoms with Crippen LogP contribution < -0.4 is 10.6 Å². The lowest BCUT2D eigenvalue weighted by Crippen LogP contribution is -2.47. The molecular formula is C24H26N2O2S. The molecule has 3 aromatic carbocycles. The molecule has 4 nitrogen and oxygen atoms in total. The summed E-state index contributed by atoms with van der Waals surface area (Å²) in [6.45, 7) is 2.60. The van der Waals surface area contributed by atoms with Crippen LogP contribution in [0.25, 0.3) is 10.8 Å². The maximum Gasteiger partial charge on any atom is 0.315 e. The molecule has 3 aromatic rings. The third-order valence-corrected chi connectivity index (χ3v) is 6.87. The van der Waals surface area contributed by atoms with Crippen molar-refractivity contribution >= 4 is 28.6 Å². The van der Waals surface area contributed by atoms with Crippen molar-refractivity contribution in [2.75, 3.05) is 19.8 Å². The Morgan fingerprint density at radius 3 is 2.45 bits per heavy atom. The third kappa shape index (κ3) is 5.11. The summed E-state index contributed by atoms with van der Waals surface area (Å²) in [4.78, 5) is 13.8. The molecule has 29 heavy (non-hydrogen) atoms. The van der Waals surface area contributed by atoms with Crippen LogP contribution in [0.15, 0.2) is 77.7 Å². The monoisotopic (exact) mass is 406 g/mol. The molecule has 0 unspecified atom stereocenters. The van der Waals surface area contributed by atoms with Crippen LogP contribution in [0, 0.1) is 0 Å². The Balaban J connectivity index is 1.36. The molecule has 1 saturated heterocycles. The van der Waals surface area contributed by atoms with Crippen LogP contribution in [0.2, 0.25) is 0 Å². The first-order chi connectivity index (χ1) is 14.2. The van der Waals surface area contributed by atoms with Crippen molar-refractivity contribution in [3.63, 3.8) is 0 Å². The second-order valence-electron chi connectivity index (χ2n) is 7.39. The number of nitrogens with one attached hydrogen (secondary N) is 2. The lowest BCUT2D eigenvalue weighted by Gasteiger charge is -2.36. The van der Waals surface area contributed by atoms with Gasteiger partial charge in [0.15, 0.2) is 0 Å². The summed E-state index contributed by atoms with van der Waals surface area (Å²) in [5, 5.41) is 8.49. The molecule has 2 N–H and O–H groups in total. The Morgan fingerprint density at radius 1 is 0.897 bits per heavy atom. The van der Waals surface area contributed by atoms with E-state index in [4.69, 9.17) is 4.74 Å². The van der Waals surface area contributed by atoms with Crippen LogP contribution in [-0.2, 0) is 11.3 Å². The van der Waals surface area contributed by atoms with E-state index in [9.17, 15) is 4.79 Å². The molecule has 0 saturated carbocycles. The average Bonchev–Trinajstić information content (AvgIpc) is 2.77. The summed E-state index contributed by atoms with van der Waals surface area (Å²) < 4.78 is 5.54. The van der Waals surface area contributed by atoms with Crippen LogP contribution in [0.1, 0.15) is 18.4 Å². The molecule has 5 heteroatoms. The van der Waals surface area contributed by atoms with Gasteiger partial charge in [0.1, 0.15) is 0 Å². The normalized spacial score (nSPS) is 15.7. The van der Waals surface area contributed by atoms with Crippen LogP contribution in [0.4, 0.5) is 4.79 Å². The topological polar surface area (TPSA) is 50.4 Å². The number of hydrogen-bond donors (Lipinski definition) is 2. The predicted molar refractivity (Wildman–Crippen MR) is 119 cm³/mol. The zero-order valence-electron chi connectivity index (χ0n) is 16.4. The highest BCUT2D eigenvalue weighted by Gasteiger charge is 2.34. The maximum atomic E-state index is 12.5. The van der Waals surface area contributed by atoms with E-state index in [-0.39, 0.29) is 10.8 Å². The minimum absolute atomic E-state index is 0.0314. The predicted octanol–water partition coefficient (Wildman–Crippen LogP) is 4.98. The molecule has 1 fully saturated rings. The van der Waals surface area contributed by atoms with E-state index in [2.05, 4.69) is 59.2 Å². The summed E-state index contributed by atoms with van der Waals surface area (Å²) in [6.07, 6.45) is 1.85. The van der Waals surface area contributed by atoms with Gasteiger partial charge in [-0.05, 0) is 41.3 Å². The van der Waals surface area contributed by atoms with E-state index in [1.807, 2.05) is 36.0 Å². The molecule has 150 valence electrons. The van der Waals surface area contributed by atoms with E-state index in [1.54, 1.807) is 0 Å². The van der Waals surface area contributed by atoms with Crippen LogP contribution >= 0.6 is 11.8 Å². The molecule has 2 amide bonds. The lowest BCUT2D eigenvalue weighted by molar-refractivity contribution is 0.0776. The molecular weight excluding hydrogens is 380 g/mol. The zero-order chi connectivity index (χ0) is 19.9. The Morgan fingerprint density at radius 2 is 1.62 bits per heavy atom. The van der Waals surface area contributed by atoms with Gasteiger partial charge in [0.2, 0.25) is 0 Å². The Hall–Kier alpha value is -2.50. The molecule has 0 radical (unpaired) electrons. The minimum atomic E-state index is -0.127. The lowest BCUT2D eigenvalue weighted by atomic mass is 9.99. The smallest absolute Gasteiger partial charge is 0.315 e. The van der Waals surface area contributed by atoms with Gasteiger partial charge in [-0.1, -0.05) is 60.7 Å². The van der Waals surface area contributed by atoms with Crippen molar-refractivity contribution in [3.8, 4) is 0 Å². The van der Waals surface area contributed by atoms with Crippen molar-refractivity contribution in [2.45, 2.75) is 29.0 Å². The second kappa shape index (κ2) is 9.33. The third-order valence-electron chi connectivity index (χ3n) is 5.37. The summed E-state index contributed by atoms with van der Waals surface area (Å²) >= 11 is 1.85. The first-order valence-corrected chi connectivity index (χ1v) is 10.9. The van der Waals surface area contributed by atoms with Crippen LogP contribution in [0.5, 0.6) is 0 Å². The van der Waals surface area contributed by atoms with Crippen molar-refractivity contribution in [3.05, 3.63) is 78.4 Å². The van der Waals surface area contributed by atoms with E-state index in [0.717, 1.165) is 31.6 Å². The van der Waals surface area contributed by atoms with Gasteiger partial charge >= 0.3 is 6.03 Å². The molecule has 1 aliphatic heterocycles. The average molecular weight is 407 g/mol. The SMILES string of the molecule is O=C(NCc1cccc2ccccc12)NCC1(Sc2ccccc2)CCOCC1. The Kier molecular flexibility index (Phi) is 6.37. The number of thioether (sulfide) groups is 1. The number of amides is 2. The summed E-state index contributed by atoms with van der Waals surface area (Å²) in [6, 6.07) is 24.7. The number of carbonyl (C=O) groups is 1. The summed E-state index contributed by atoms with van der Waals surface area (Å²) in [5.41, 5.74) is 1.12. The number of rotatable bonds is 6. The van der Waals surface area contributed by atoms with Crippen LogP contribution in [0.3, 0.4) is 0 Å². The molecule has 1 aliphatic rings. The molecule has 0 aliphatic carbocycles. The fraction of sp³-hybridized carbons (Fsp3) is 0.292. The Labute approximate surface area is 176 Å². The number of carbonyl (C=O) groups excluding carboxylic acids is 1. The molecule has 4 rings (SSSR count). The van der Waals surface area contributed by atoms with Crippen molar-refractivity contribution < 1.29 is 9.53 Å². The van der Waals surface area contributed by atoms with Crippen molar-refractivity contribution in [1.82, 2.24) is 10.6 Å². The van der Waals surface area contributed by atoms with Gasteiger partial charge in [-0.3, -0.25) is 0 Å². The number of benzene rings is 3. The Bertz CT molecular complexity index is 950. The number of hydrogen-bond acceptors (Lipinski definition) is 3. The van der Waals surface area contributed by atoms with Gasteiger partial charge in [-0.15, -0.1) is 11.8 Å². The fourth-order valence-corrected chi connectivity index (χ4v) is 5.03. The van der Waals surface area contributed by atoms with Crippen LogP contribution in [-0.4, -0.2) is 30.5 Å². The van der Waals surface area contributed by atoms with E-state index >= 15 is 0 Å². The van der Waals surface area contributed by atoms with E-state index in [0.29, 0.717) is 13.1 Å². The van der Waals surface area contributed by atoms with Gasteiger partial charge < -0.3 is 15.4 Å². The van der Waals surface area contributed by atoms with Gasteiger partial charge in [0.05, 0.1) is 0 Å². The first kappa shape index (κ1) is 19.8. The highest BCUT2D eigenvalue weighted by molar-refractivity contribution is 8.00. The number of ether oxygens (including phenoxy) is 1. The van der Waals surface area contributed by atoms with Gasteiger partial charge in [0.25, 0.3) is 0 Å². The number of urea groups is 1. The largest absolute Gasteiger partial charge is 0.381 e. The standard InChI is InChI=1S/C24H26N2O2S/c27-23(25-17-20-9-6-8-19-7-4-5-12-22(19)20)26-18-24(13-15-28-16-14-24)29-21-10-2-1-3-11-21/h1-12H,13-18H2,(H2,25,26,27). The zero-order valence-corrected chi connectivity index (χ0v) is 17.2. The van der Waals surface area contributed by atoms with E-state index < -0.39 is 0 Å². The van der Waals surface area contributed by atoms with Crippen molar-refractivity contribution in [1.29, 1.82) is 0 Å². The summed E-state index contributed by atoms with van der Waals surface area (Å²) in [7, 11) is 0. The first-order valence-electron chi connectivity index (χ1n) is 10.0. The van der Waals surface area contributed by atoms with E-state index in [1.165, 1.54) is 15.7 Å². The molecule has 0 spiro atoms. The maximum absolute atomic E-state index is 12.5. The number of fused-ring (bicyclic) bond motifs is 1. The molecule has 1 heterocycles. The quantitative estimate of drug-likeness (QED) is 0.607. The van der Waals surface area contributed by atoms with Crippen molar-refractivity contribution in [2.24, 2.45) is 0 Å². The summed E-state index contributed by atoms with van der Waals surface area (Å²) in [5.74, 6) is 0. The minimum Gasteiger partial charge on any atom is -0.381 e. The van der Waals surface area contributed by atoms with Gasteiger partial charge in [0, 0.05) is 35.9 Å². The fourth-order valence-electron chi connectivity index (χ4n) is 3.72. The van der Waals surface area contributed by atoms with Gasteiger partial charge in [-0.2, -0.15) is 0 Å². The molecule has 0 atom stereocenters.